The van der Waals surface area contributed by atoms with E-state index < -0.39 is 4.92 Å². The molecule has 7 heteroatoms. The molecule has 1 rings (SSSR count). The Labute approximate surface area is 143 Å². The second-order valence-corrected chi connectivity index (χ2v) is 6.59. The van der Waals surface area contributed by atoms with Crippen LogP contribution in [0.3, 0.4) is 0 Å². The van der Waals surface area contributed by atoms with Crippen LogP contribution in [0.15, 0.2) is 24.3 Å². The standard InChI is InChI=1S/C15H20BrNO4S/c16-11-5-3-1-2-4-6-12-22-15(18)21-14-9-7-13(8-10-14)17(19)20/h7-10H,1-6,11-12H2. The van der Waals surface area contributed by atoms with E-state index in [2.05, 4.69) is 15.9 Å². The van der Waals surface area contributed by atoms with Crippen LogP contribution in [-0.4, -0.2) is 21.3 Å². The molecule has 0 unspecified atom stereocenters. The maximum atomic E-state index is 11.6. The van der Waals surface area contributed by atoms with Gasteiger partial charge in [0.15, 0.2) is 0 Å². The van der Waals surface area contributed by atoms with E-state index >= 15 is 0 Å². The number of nitro groups is 1. The number of nitrogens with zero attached hydrogens (tertiary/aromatic N) is 1. The van der Waals surface area contributed by atoms with Gasteiger partial charge in [-0.2, -0.15) is 0 Å². The Kier molecular flexibility index (Phi) is 9.90. The molecule has 22 heavy (non-hydrogen) atoms. The van der Waals surface area contributed by atoms with Crippen molar-refractivity contribution in [2.75, 3.05) is 11.1 Å². The van der Waals surface area contributed by atoms with Crippen LogP contribution in [0.5, 0.6) is 5.75 Å². The molecule has 0 saturated heterocycles. The monoisotopic (exact) mass is 389 g/mol. The van der Waals surface area contributed by atoms with E-state index in [1.807, 2.05) is 0 Å². The molecule has 122 valence electrons. The van der Waals surface area contributed by atoms with Crippen molar-refractivity contribution in [3.05, 3.63) is 34.4 Å². The molecule has 0 aliphatic carbocycles. The Morgan fingerprint density at radius 3 is 2.27 bits per heavy atom. The van der Waals surface area contributed by atoms with Gasteiger partial charge in [0.05, 0.1) is 4.92 Å². The van der Waals surface area contributed by atoms with Crippen molar-refractivity contribution in [2.45, 2.75) is 38.5 Å². The highest BCUT2D eigenvalue weighted by Crippen LogP contribution is 2.20. The number of hydrogen-bond donors (Lipinski definition) is 0. The first-order valence-electron chi connectivity index (χ1n) is 7.28. The van der Waals surface area contributed by atoms with Crippen LogP contribution in [0.1, 0.15) is 38.5 Å². The van der Waals surface area contributed by atoms with Gasteiger partial charge in [-0.05, 0) is 36.7 Å². The van der Waals surface area contributed by atoms with Crippen LogP contribution >= 0.6 is 27.7 Å². The zero-order valence-electron chi connectivity index (χ0n) is 12.3. The van der Waals surface area contributed by atoms with E-state index in [1.165, 1.54) is 49.9 Å². The van der Waals surface area contributed by atoms with Gasteiger partial charge < -0.3 is 4.74 Å². The van der Waals surface area contributed by atoms with Crippen molar-refractivity contribution < 1.29 is 14.5 Å². The van der Waals surface area contributed by atoms with E-state index in [1.54, 1.807) is 0 Å². The number of nitro benzene ring substituents is 1. The summed E-state index contributed by atoms with van der Waals surface area (Å²) in [6.45, 7) is 0. The van der Waals surface area contributed by atoms with Crippen molar-refractivity contribution in [1.29, 1.82) is 0 Å². The molecule has 0 aliphatic rings. The Bertz CT molecular complexity index is 467. The minimum atomic E-state index is -0.488. The summed E-state index contributed by atoms with van der Waals surface area (Å²) < 4.78 is 5.10. The zero-order valence-corrected chi connectivity index (χ0v) is 14.7. The largest absolute Gasteiger partial charge is 0.418 e. The van der Waals surface area contributed by atoms with Crippen LogP contribution in [0.25, 0.3) is 0 Å². The molecule has 0 N–H and O–H groups in total. The number of carbonyl (C=O) groups excluding carboxylic acids is 1. The lowest BCUT2D eigenvalue weighted by Gasteiger charge is -2.04. The van der Waals surface area contributed by atoms with Gasteiger partial charge in [-0.25, -0.2) is 4.79 Å². The van der Waals surface area contributed by atoms with E-state index in [0.29, 0.717) is 5.75 Å². The van der Waals surface area contributed by atoms with Crippen molar-refractivity contribution in [1.82, 2.24) is 0 Å². The lowest BCUT2D eigenvalue weighted by Crippen LogP contribution is -2.01. The number of ether oxygens (including phenoxy) is 1. The zero-order chi connectivity index (χ0) is 16.2. The smallest absolute Gasteiger partial charge is 0.372 e. The average molecular weight is 390 g/mol. The van der Waals surface area contributed by atoms with Crippen molar-refractivity contribution in [3.63, 3.8) is 0 Å². The Morgan fingerprint density at radius 2 is 1.68 bits per heavy atom. The van der Waals surface area contributed by atoms with Gasteiger partial charge in [0.2, 0.25) is 0 Å². The first kappa shape index (κ1) is 19.0. The fraction of sp³-hybridized carbons (Fsp3) is 0.533. The van der Waals surface area contributed by atoms with Crippen molar-refractivity contribution in [2.24, 2.45) is 0 Å². The Morgan fingerprint density at radius 1 is 1.09 bits per heavy atom. The summed E-state index contributed by atoms with van der Waals surface area (Å²) in [6, 6.07) is 5.50. The third-order valence-electron chi connectivity index (χ3n) is 3.00. The minimum absolute atomic E-state index is 0.0210. The first-order chi connectivity index (χ1) is 10.6. The third-order valence-corrected chi connectivity index (χ3v) is 4.37. The second-order valence-electron chi connectivity index (χ2n) is 4.76. The fourth-order valence-electron chi connectivity index (χ4n) is 1.82. The summed E-state index contributed by atoms with van der Waals surface area (Å²) in [5.74, 6) is 1.07. The van der Waals surface area contributed by atoms with Gasteiger partial charge in [-0.1, -0.05) is 41.6 Å². The highest BCUT2D eigenvalue weighted by molar-refractivity contribution is 9.09. The summed E-state index contributed by atoms with van der Waals surface area (Å²) in [7, 11) is 0. The Balaban J connectivity index is 2.12. The predicted molar refractivity (Wildman–Crippen MR) is 93.1 cm³/mol. The van der Waals surface area contributed by atoms with Crippen LogP contribution in [0.2, 0.25) is 0 Å². The molecule has 0 fully saturated rings. The van der Waals surface area contributed by atoms with Gasteiger partial charge in [-0.15, -0.1) is 0 Å². The van der Waals surface area contributed by atoms with E-state index in [4.69, 9.17) is 4.74 Å². The maximum absolute atomic E-state index is 11.6. The molecule has 0 radical (unpaired) electrons. The SMILES string of the molecule is O=C(Oc1ccc([N+](=O)[O-])cc1)SCCCCCCCCBr. The van der Waals surface area contributed by atoms with Crippen molar-refractivity contribution >= 4 is 38.7 Å². The van der Waals surface area contributed by atoms with Gasteiger partial charge in [-0.3, -0.25) is 10.1 Å². The number of thioether (sulfide) groups is 1. The minimum Gasteiger partial charge on any atom is -0.418 e. The third kappa shape index (κ3) is 8.38. The normalized spacial score (nSPS) is 10.4. The van der Waals surface area contributed by atoms with E-state index in [-0.39, 0.29) is 11.0 Å². The maximum Gasteiger partial charge on any atom is 0.372 e. The summed E-state index contributed by atoms with van der Waals surface area (Å²) in [6.07, 6.45) is 7.03. The number of halogens is 1. The molecule has 1 aromatic rings. The fourth-order valence-corrected chi connectivity index (χ4v) is 2.89. The lowest BCUT2D eigenvalue weighted by atomic mass is 10.1. The molecular weight excluding hydrogens is 370 g/mol. The summed E-state index contributed by atoms with van der Waals surface area (Å²) in [4.78, 5) is 21.6. The van der Waals surface area contributed by atoms with Gasteiger partial charge in [0, 0.05) is 23.2 Å². The quantitative estimate of drug-likeness (QED) is 0.172. The molecule has 0 spiro atoms. The number of unbranched alkanes of at least 4 members (excludes halogenated alkanes) is 5. The van der Waals surface area contributed by atoms with E-state index in [0.717, 1.165) is 35.7 Å². The van der Waals surface area contributed by atoms with Crippen LogP contribution in [-0.2, 0) is 0 Å². The molecule has 0 atom stereocenters. The van der Waals surface area contributed by atoms with Crippen LogP contribution in [0.4, 0.5) is 10.5 Å². The average Bonchev–Trinajstić information content (AvgIpc) is 2.50. The first-order valence-corrected chi connectivity index (χ1v) is 9.39. The molecule has 0 amide bonds. The molecule has 0 heterocycles. The number of alkyl halides is 1. The van der Waals surface area contributed by atoms with Gasteiger partial charge in [0.25, 0.3) is 5.69 Å². The number of benzene rings is 1. The van der Waals surface area contributed by atoms with Crippen LogP contribution in [0, 0.1) is 10.1 Å². The number of rotatable bonds is 10. The molecule has 0 bridgehead atoms. The highest BCUT2D eigenvalue weighted by atomic mass is 79.9. The van der Waals surface area contributed by atoms with Gasteiger partial charge in [0.1, 0.15) is 5.75 Å². The van der Waals surface area contributed by atoms with E-state index in [9.17, 15) is 14.9 Å². The molecule has 5 nitrogen and oxygen atoms in total. The molecular formula is C15H20BrNO4S. The highest BCUT2D eigenvalue weighted by Gasteiger charge is 2.08. The summed E-state index contributed by atoms with van der Waals surface area (Å²) in [5, 5.41) is 11.2. The predicted octanol–water partition coefficient (Wildman–Crippen LogP) is 5.56. The number of hydrogen-bond acceptors (Lipinski definition) is 5. The van der Waals surface area contributed by atoms with Crippen LogP contribution < -0.4 is 4.74 Å². The van der Waals surface area contributed by atoms with Gasteiger partial charge >= 0.3 is 5.30 Å². The topological polar surface area (TPSA) is 69.4 Å². The molecule has 0 aliphatic heterocycles. The number of carbonyl (C=O) groups is 1. The second kappa shape index (κ2) is 11.5. The summed E-state index contributed by atoms with van der Waals surface area (Å²) >= 11 is 4.56. The van der Waals surface area contributed by atoms with Crippen molar-refractivity contribution in [3.8, 4) is 5.75 Å². The lowest BCUT2D eigenvalue weighted by molar-refractivity contribution is -0.384. The molecule has 1 aromatic carbocycles. The Hall–Kier alpha value is -1.08. The number of non-ortho nitro benzene ring substituents is 1. The molecule has 0 saturated carbocycles. The summed E-state index contributed by atoms with van der Waals surface area (Å²) in [5.41, 5.74) is -0.0210. The molecule has 0 aromatic heterocycles.